The third-order valence-corrected chi connectivity index (χ3v) is 5.19. The summed E-state index contributed by atoms with van der Waals surface area (Å²) in [7, 11) is 0. The summed E-state index contributed by atoms with van der Waals surface area (Å²) in [6.45, 7) is 3.00. The van der Waals surface area contributed by atoms with Crippen molar-refractivity contribution in [3.8, 4) is 0 Å². The lowest BCUT2D eigenvalue weighted by Crippen LogP contribution is -2.47. The quantitative estimate of drug-likeness (QED) is 0.900. The number of rotatable bonds is 4. The number of aromatic amines is 1. The van der Waals surface area contributed by atoms with Gasteiger partial charge in [-0.05, 0) is 62.1 Å². The molecule has 3 heteroatoms. The van der Waals surface area contributed by atoms with Gasteiger partial charge in [-0.2, -0.15) is 0 Å². The topological polar surface area (TPSA) is 37.0 Å². The first-order valence-electron chi connectivity index (χ1n) is 8.24. The minimum atomic E-state index is 0.270. The highest BCUT2D eigenvalue weighted by atomic mass is 16.5. The fourth-order valence-electron chi connectivity index (χ4n) is 3.86. The summed E-state index contributed by atoms with van der Waals surface area (Å²) in [5, 5.41) is 4.93. The molecule has 1 unspecified atom stereocenters. The van der Waals surface area contributed by atoms with Crippen LogP contribution in [0, 0.1) is 5.92 Å². The number of H-pyrrole nitrogens is 1. The van der Waals surface area contributed by atoms with Crippen molar-refractivity contribution < 1.29 is 4.74 Å². The summed E-state index contributed by atoms with van der Waals surface area (Å²) in [5.74, 6) is 0.781. The van der Waals surface area contributed by atoms with Crippen LogP contribution in [0.2, 0.25) is 0 Å². The van der Waals surface area contributed by atoms with Gasteiger partial charge in [0.15, 0.2) is 0 Å². The molecule has 1 aliphatic carbocycles. The zero-order valence-corrected chi connectivity index (χ0v) is 12.5. The average molecular weight is 284 g/mol. The van der Waals surface area contributed by atoms with Crippen LogP contribution in [0.4, 0.5) is 0 Å². The van der Waals surface area contributed by atoms with Gasteiger partial charge in [0.05, 0.1) is 5.60 Å². The zero-order valence-electron chi connectivity index (χ0n) is 12.5. The molecule has 0 amide bonds. The van der Waals surface area contributed by atoms with Gasteiger partial charge < -0.3 is 15.0 Å². The molecule has 1 aliphatic heterocycles. The Labute approximate surface area is 126 Å². The Morgan fingerprint density at radius 1 is 1.29 bits per heavy atom. The molecular weight excluding hydrogens is 260 g/mol. The van der Waals surface area contributed by atoms with Crippen LogP contribution in [0.3, 0.4) is 0 Å². The van der Waals surface area contributed by atoms with Crippen molar-refractivity contribution in [2.75, 3.05) is 13.2 Å². The lowest BCUT2D eigenvalue weighted by molar-refractivity contribution is -0.142. The van der Waals surface area contributed by atoms with Gasteiger partial charge in [0.25, 0.3) is 0 Å². The Morgan fingerprint density at radius 3 is 3.00 bits per heavy atom. The van der Waals surface area contributed by atoms with Crippen LogP contribution >= 0.6 is 0 Å². The van der Waals surface area contributed by atoms with Gasteiger partial charge in [-0.25, -0.2) is 0 Å². The van der Waals surface area contributed by atoms with Crippen molar-refractivity contribution >= 4 is 10.9 Å². The fraction of sp³-hybridized carbons (Fsp3) is 0.556. The minimum absolute atomic E-state index is 0.270. The van der Waals surface area contributed by atoms with E-state index in [0.717, 1.165) is 25.6 Å². The molecule has 1 atom stereocenters. The molecule has 1 aromatic carbocycles. The molecule has 2 N–H and O–H groups in total. The van der Waals surface area contributed by atoms with Gasteiger partial charge >= 0.3 is 0 Å². The molecule has 4 rings (SSSR count). The van der Waals surface area contributed by atoms with Crippen LogP contribution in [0.15, 0.2) is 30.3 Å². The fourth-order valence-corrected chi connectivity index (χ4v) is 3.86. The van der Waals surface area contributed by atoms with Crippen LogP contribution in [0.5, 0.6) is 0 Å². The third-order valence-electron chi connectivity index (χ3n) is 5.19. The molecule has 1 aromatic heterocycles. The molecule has 1 saturated carbocycles. The standard InChI is InChI=1S/C18H24N2O/c1-2-5-17-15(4-1)10-16(20-17)13-19-12-14-6-9-21-18(11-14)7-3-8-18/h1-2,4-5,10,14,19-20H,3,6-9,11-13H2. The van der Waals surface area contributed by atoms with E-state index in [2.05, 4.69) is 40.6 Å². The van der Waals surface area contributed by atoms with E-state index in [-0.39, 0.29) is 5.60 Å². The number of fused-ring (bicyclic) bond motifs is 1. The molecule has 3 nitrogen and oxygen atoms in total. The van der Waals surface area contributed by atoms with Crippen molar-refractivity contribution in [3.05, 3.63) is 36.0 Å². The monoisotopic (exact) mass is 284 g/mol. The number of aromatic nitrogens is 1. The van der Waals surface area contributed by atoms with E-state index in [1.165, 1.54) is 48.7 Å². The Kier molecular flexibility index (Phi) is 3.48. The second kappa shape index (κ2) is 5.47. The normalized spacial score (nSPS) is 24.3. The number of nitrogens with one attached hydrogen (secondary N) is 2. The molecule has 1 saturated heterocycles. The predicted molar refractivity (Wildman–Crippen MR) is 85.3 cm³/mol. The number of hydrogen-bond donors (Lipinski definition) is 2. The molecule has 0 radical (unpaired) electrons. The summed E-state index contributed by atoms with van der Waals surface area (Å²) in [6.07, 6.45) is 6.39. The highest BCUT2D eigenvalue weighted by molar-refractivity contribution is 5.80. The van der Waals surface area contributed by atoms with Crippen LogP contribution < -0.4 is 5.32 Å². The average Bonchev–Trinajstić information content (AvgIpc) is 2.88. The smallest absolute Gasteiger partial charge is 0.0685 e. The maximum absolute atomic E-state index is 6.00. The van der Waals surface area contributed by atoms with Crippen LogP contribution in [0.25, 0.3) is 10.9 Å². The largest absolute Gasteiger partial charge is 0.375 e. The second-order valence-corrected chi connectivity index (χ2v) is 6.76. The highest BCUT2D eigenvalue weighted by Crippen LogP contribution is 2.44. The number of para-hydroxylation sites is 1. The van der Waals surface area contributed by atoms with Crippen LogP contribution in [0.1, 0.15) is 37.8 Å². The first kappa shape index (κ1) is 13.4. The first-order chi connectivity index (χ1) is 10.3. The first-order valence-corrected chi connectivity index (χ1v) is 8.24. The van der Waals surface area contributed by atoms with E-state index in [1.807, 2.05) is 0 Å². The molecule has 2 heterocycles. The van der Waals surface area contributed by atoms with E-state index in [4.69, 9.17) is 4.74 Å². The second-order valence-electron chi connectivity index (χ2n) is 6.76. The Balaban J connectivity index is 1.30. The molecule has 112 valence electrons. The number of benzene rings is 1. The molecular formula is C18H24N2O. The van der Waals surface area contributed by atoms with E-state index < -0.39 is 0 Å². The molecule has 2 fully saturated rings. The number of hydrogen-bond acceptors (Lipinski definition) is 2. The third kappa shape index (κ3) is 2.72. The van der Waals surface area contributed by atoms with E-state index in [1.54, 1.807) is 0 Å². The van der Waals surface area contributed by atoms with Crippen molar-refractivity contribution in [3.63, 3.8) is 0 Å². The van der Waals surface area contributed by atoms with Crippen molar-refractivity contribution in [2.45, 2.75) is 44.2 Å². The van der Waals surface area contributed by atoms with Crippen molar-refractivity contribution in [2.24, 2.45) is 5.92 Å². The molecule has 2 aliphatic rings. The van der Waals surface area contributed by atoms with Crippen LogP contribution in [-0.4, -0.2) is 23.7 Å². The van der Waals surface area contributed by atoms with E-state index in [9.17, 15) is 0 Å². The lowest BCUT2D eigenvalue weighted by Gasteiger charge is -2.47. The zero-order chi connectivity index (χ0) is 14.1. The molecule has 2 aromatic rings. The predicted octanol–water partition coefficient (Wildman–Crippen LogP) is 3.61. The maximum atomic E-state index is 6.00. The molecule has 1 spiro atoms. The maximum Gasteiger partial charge on any atom is 0.0685 e. The molecule has 0 bridgehead atoms. The summed E-state index contributed by atoms with van der Waals surface area (Å²) in [6, 6.07) is 10.7. The summed E-state index contributed by atoms with van der Waals surface area (Å²) >= 11 is 0. The van der Waals surface area contributed by atoms with Crippen molar-refractivity contribution in [1.29, 1.82) is 0 Å². The molecule has 21 heavy (non-hydrogen) atoms. The van der Waals surface area contributed by atoms with E-state index in [0.29, 0.717) is 0 Å². The lowest BCUT2D eigenvalue weighted by atomic mass is 9.72. The van der Waals surface area contributed by atoms with Gasteiger partial charge in [0.2, 0.25) is 0 Å². The van der Waals surface area contributed by atoms with Gasteiger partial charge in [-0.15, -0.1) is 0 Å². The van der Waals surface area contributed by atoms with Gasteiger partial charge in [-0.1, -0.05) is 18.2 Å². The van der Waals surface area contributed by atoms with Crippen molar-refractivity contribution in [1.82, 2.24) is 10.3 Å². The Bertz CT molecular complexity index is 581. The summed E-state index contributed by atoms with van der Waals surface area (Å²) < 4.78 is 6.00. The minimum Gasteiger partial charge on any atom is -0.375 e. The van der Waals surface area contributed by atoms with Gasteiger partial charge in [0, 0.05) is 24.4 Å². The number of ether oxygens (including phenoxy) is 1. The Hall–Kier alpha value is -1.32. The summed E-state index contributed by atoms with van der Waals surface area (Å²) in [5.41, 5.74) is 2.78. The van der Waals surface area contributed by atoms with E-state index >= 15 is 0 Å². The van der Waals surface area contributed by atoms with Gasteiger partial charge in [0.1, 0.15) is 0 Å². The summed E-state index contributed by atoms with van der Waals surface area (Å²) in [4.78, 5) is 3.48. The Morgan fingerprint density at radius 2 is 2.19 bits per heavy atom. The van der Waals surface area contributed by atoms with Crippen LogP contribution in [-0.2, 0) is 11.3 Å². The highest BCUT2D eigenvalue weighted by Gasteiger charge is 2.42. The SMILES string of the molecule is c1ccc2[nH]c(CNCC3CCOC4(CCC4)C3)cc2c1. The van der Waals surface area contributed by atoms with Gasteiger partial charge in [-0.3, -0.25) is 0 Å².